The largest absolute Gasteiger partial charge is 0.272 e. The molecule has 4 aromatic rings. The lowest BCUT2D eigenvalue weighted by Crippen LogP contribution is -2.18. The van der Waals surface area contributed by atoms with Crippen molar-refractivity contribution in [2.45, 2.75) is 0 Å². The highest BCUT2D eigenvalue weighted by molar-refractivity contribution is 7.13. The molecule has 126 valence electrons. The highest BCUT2D eigenvalue weighted by Crippen LogP contribution is 2.27. The van der Waals surface area contributed by atoms with Crippen molar-refractivity contribution >= 4 is 34.4 Å². The van der Waals surface area contributed by atoms with Crippen LogP contribution in [0.2, 0.25) is 0 Å². The zero-order valence-corrected chi connectivity index (χ0v) is 14.5. The maximum absolute atomic E-state index is 12.7. The summed E-state index contributed by atoms with van der Waals surface area (Å²) in [6.07, 6.45) is 4.92. The molecular weight excluding hydrogens is 344 g/mol. The summed E-state index contributed by atoms with van der Waals surface area (Å²) in [6, 6.07) is 17.0. The first-order valence-corrected chi connectivity index (χ1v) is 8.86. The number of carbonyl (C=O) groups excluding carboxylic acids is 1. The minimum atomic E-state index is -0.276. The standard InChI is InChI=1S/C20H14N4OS/c25-20(24-22-13-14-5-3-9-21-12-14)16-11-18(19-8-4-10-26-19)23-17-7-2-1-6-15(16)17/h1-13H,(H,24,25). The molecule has 0 unspecified atom stereocenters. The second-order valence-corrected chi connectivity index (χ2v) is 6.48. The minimum Gasteiger partial charge on any atom is -0.267 e. The third-order valence-corrected chi connectivity index (χ3v) is 4.69. The van der Waals surface area contributed by atoms with Crippen LogP contribution in [0, 0.1) is 0 Å². The van der Waals surface area contributed by atoms with Crippen LogP contribution in [0.1, 0.15) is 15.9 Å². The van der Waals surface area contributed by atoms with Gasteiger partial charge in [0, 0.05) is 23.3 Å². The van der Waals surface area contributed by atoms with Crippen molar-refractivity contribution in [3.8, 4) is 10.6 Å². The van der Waals surface area contributed by atoms with Crippen molar-refractivity contribution in [2.75, 3.05) is 0 Å². The van der Waals surface area contributed by atoms with E-state index in [1.807, 2.05) is 60.0 Å². The zero-order valence-electron chi connectivity index (χ0n) is 13.7. The van der Waals surface area contributed by atoms with Gasteiger partial charge in [0.2, 0.25) is 0 Å². The number of amides is 1. The van der Waals surface area contributed by atoms with Crippen LogP contribution in [0.25, 0.3) is 21.5 Å². The van der Waals surface area contributed by atoms with Gasteiger partial charge in [0.05, 0.1) is 27.9 Å². The fourth-order valence-electron chi connectivity index (χ4n) is 2.59. The Bertz CT molecular complexity index is 1080. The summed E-state index contributed by atoms with van der Waals surface area (Å²) >= 11 is 1.59. The lowest BCUT2D eigenvalue weighted by molar-refractivity contribution is 0.0957. The molecule has 0 spiro atoms. The van der Waals surface area contributed by atoms with Crippen molar-refractivity contribution in [2.24, 2.45) is 5.10 Å². The van der Waals surface area contributed by atoms with Gasteiger partial charge in [0.15, 0.2) is 0 Å². The number of nitrogens with zero attached hydrogens (tertiary/aromatic N) is 3. The Morgan fingerprint density at radius 3 is 2.85 bits per heavy atom. The maximum atomic E-state index is 12.7. The molecule has 0 aliphatic heterocycles. The van der Waals surface area contributed by atoms with Crippen LogP contribution in [-0.4, -0.2) is 22.1 Å². The quantitative estimate of drug-likeness (QED) is 0.441. The average Bonchev–Trinajstić information content (AvgIpc) is 3.23. The Hall–Kier alpha value is -3.38. The molecule has 4 rings (SSSR count). The number of thiophene rings is 1. The van der Waals surface area contributed by atoms with E-state index in [0.717, 1.165) is 27.0 Å². The number of benzene rings is 1. The molecule has 1 aromatic carbocycles. The van der Waals surface area contributed by atoms with Crippen LogP contribution < -0.4 is 5.43 Å². The molecular formula is C20H14N4OS. The molecule has 3 heterocycles. The molecule has 0 bridgehead atoms. The summed E-state index contributed by atoms with van der Waals surface area (Å²) in [5, 5.41) is 6.82. The molecule has 6 heteroatoms. The summed E-state index contributed by atoms with van der Waals surface area (Å²) in [5.41, 5.74) is 5.50. The van der Waals surface area contributed by atoms with Gasteiger partial charge in [-0.05, 0) is 29.6 Å². The molecule has 1 N–H and O–H groups in total. The van der Waals surface area contributed by atoms with Gasteiger partial charge in [-0.2, -0.15) is 5.10 Å². The van der Waals surface area contributed by atoms with Gasteiger partial charge in [-0.1, -0.05) is 30.3 Å². The summed E-state index contributed by atoms with van der Waals surface area (Å²) in [7, 11) is 0. The maximum Gasteiger partial charge on any atom is 0.272 e. The van der Waals surface area contributed by atoms with E-state index < -0.39 is 0 Å². The molecule has 0 aliphatic carbocycles. The number of hydrazone groups is 1. The van der Waals surface area contributed by atoms with Gasteiger partial charge in [-0.3, -0.25) is 9.78 Å². The molecule has 0 saturated heterocycles. The Morgan fingerprint density at radius 2 is 2.04 bits per heavy atom. The van der Waals surface area contributed by atoms with E-state index in [1.165, 1.54) is 0 Å². The minimum absolute atomic E-state index is 0.276. The van der Waals surface area contributed by atoms with Crippen LogP contribution in [-0.2, 0) is 0 Å². The van der Waals surface area contributed by atoms with Gasteiger partial charge in [0.1, 0.15) is 0 Å². The highest BCUT2D eigenvalue weighted by Gasteiger charge is 2.13. The van der Waals surface area contributed by atoms with Crippen LogP contribution in [0.15, 0.2) is 77.5 Å². The van der Waals surface area contributed by atoms with E-state index >= 15 is 0 Å². The van der Waals surface area contributed by atoms with Crippen molar-refractivity contribution in [1.29, 1.82) is 0 Å². The SMILES string of the molecule is O=C(NN=Cc1cccnc1)c1cc(-c2cccs2)nc2ccccc12. The van der Waals surface area contributed by atoms with Crippen molar-refractivity contribution < 1.29 is 4.79 Å². The number of aromatic nitrogens is 2. The Morgan fingerprint density at radius 1 is 1.12 bits per heavy atom. The van der Waals surface area contributed by atoms with Crippen LogP contribution in [0.3, 0.4) is 0 Å². The average molecular weight is 358 g/mol. The topological polar surface area (TPSA) is 67.2 Å². The van der Waals surface area contributed by atoms with Gasteiger partial charge in [0.25, 0.3) is 5.91 Å². The van der Waals surface area contributed by atoms with Gasteiger partial charge in [-0.15, -0.1) is 11.3 Å². The lowest BCUT2D eigenvalue weighted by atomic mass is 10.1. The number of carbonyl (C=O) groups is 1. The van der Waals surface area contributed by atoms with Gasteiger partial charge >= 0.3 is 0 Å². The summed E-state index contributed by atoms with van der Waals surface area (Å²) < 4.78 is 0. The third-order valence-electron chi connectivity index (χ3n) is 3.80. The molecule has 3 aromatic heterocycles. The van der Waals surface area contributed by atoms with E-state index in [1.54, 1.807) is 29.9 Å². The number of rotatable bonds is 4. The zero-order chi connectivity index (χ0) is 17.8. The first-order valence-electron chi connectivity index (χ1n) is 7.98. The number of nitrogens with one attached hydrogen (secondary N) is 1. The Balaban J connectivity index is 1.68. The van der Waals surface area contributed by atoms with E-state index in [9.17, 15) is 4.79 Å². The third kappa shape index (κ3) is 3.36. The van der Waals surface area contributed by atoms with Crippen LogP contribution in [0.4, 0.5) is 0 Å². The van der Waals surface area contributed by atoms with Crippen LogP contribution >= 0.6 is 11.3 Å². The van der Waals surface area contributed by atoms with Gasteiger partial charge < -0.3 is 0 Å². The first-order chi connectivity index (χ1) is 12.8. The normalized spacial score (nSPS) is 11.1. The van der Waals surface area contributed by atoms with E-state index in [-0.39, 0.29) is 5.91 Å². The number of hydrogen-bond acceptors (Lipinski definition) is 5. The van der Waals surface area contributed by atoms with Crippen molar-refractivity contribution in [3.05, 3.63) is 83.5 Å². The van der Waals surface area contributed by atoms with Crippen molar-refractivity contribution in [3.63, 3.8) is 0 Å². The fourth-order valence-corrected chi connectivity index (χ4v) is 3.28. The predicted molar refractivity (Wildman–Crippen MR) is 104 cm³/mol. The monoisotopic (exact) mass is 358 g/mol. The fraction of sp³-hybridized carbons (Fsp3) is 0. The molecule has 0 atom stereocenters. The van der Waals surface area contributed by atoms with Gasteiger partial charge in [-0.25, -0.2) is 10.4 Å². The molecule has 0 aliphatic rings. The number of para-hydroxylation sites is 1. The number of pyridine rings is 2. The van der Waals surface area contributed by atoms with E-state index in [0.29, 0.717) is 5.56 Å². The molecule has 0 fully saturated rings. The van der Waals surface area contributed by atoms with E-state index in [4.69, 9.17) is 0 Å². The molecule has 0 radical (unpaired) electrons. The summed E-state index contributed by atoms with van der Waals surface area (Å²) in [4.78, 5) is 22.4. The lowest BCUT2D eigenvalue weighted by Gasteiger charge is -2.07. The molecule has 1 amide bonds. The van der Waals surface area contributed by atoms with E-state index in [2.05, 4.69) is 20.5 Å². The number of hydrogen-bond donors (Lipinski definition) is 1. The molecule has 5 nitrogen and oxygen atoms in total. The van der Waals surface area contributed by atoms with Crippen LogP contribution in [0.5, 0.6) is 0 Å². The summed E-state index contributed by atoms with van der Waals surface area (Å²) in [5.74, 6) is -0.276. The Labute approximate surface area is 154 Å². The predicted octanol–water partition coefficient (Wildman–Crippen LogP) is 4.12. The first kappa shape index (κ1) is 16.1. The Kier molecular flexibility index (Phi) is 4.49. The molecule has 0 saturated carbocycles. The highest BCUT2D eigenvalue weighted by atomic mass is 32.1. The second kappa shape index (κ2) is 7.25. The summed E-state index contributed by atoms with van der Waals surface area (Å²) in [6.45, 7) is 0. The smallest absolute Gasteiger partial charge is 0.267 e. The van der Waals surface area contributed by atoms with Crippen molar-refractivity contribution in [1.82, 2.24) is 15.4 Å². The number of fused-ring (bicyclic) bond motifs is 1. The molecule has 26 heavy (non-hydrogen) atoms. The second-order valence-electron chi connectivity index (χ2n) is 5.53.